The minimum Gasteiger partial charge on any atom is -0.395 e. The summed E-state index contributed by atoms with van der Waals surface area (Å²) in [4.78, 5) is 13.4. The van der Waals surface area contributed by atoms with Crippen LogP contribution in [0.1, 0.15) is 46.0 Å². The number of hydrogen-bond donors (Lipinski definition) is 4. The van der Waals surface area contributed by atoms with Crippen LogP contribution in [0.5, 0.6) is 11.5 Å². The van der Waals surface area contributed by atoms with Crippen molar-refractivity contribution in [1.82, 2.24) is 4.57 Å². The van der Waals surface area contributed by atoms with Crippen LogP contribution in [0.15, 0.2) is 36.4 Å². The van der Waals surface area contributed by atoms with Gasteiger partial charge in [0.1, 0.15) is 5.82 Å². The molecule has 1 aliphatic carbocycles. The predicted octanol–water partition coefficient (Wildman–Crippen LogP) is 3.40. The molecule has 2 aliphatic rings. The molecule has 1 aliphatic heterocycles. The molecule has 1 saturated carbocycles. The second-order valence-corrected chi connectivity index (χ2v) is 9.30. The average Bonchev–Trinajstić information content (AvgIpc) is 3.55. The van der Waals surface area contributed by atoms with Crippen molar-refractivity contribution in [3.63, 3.8) is 0 Å². The first-order chi connectivity index (χ1) is 19.9. The van der Waals surface area contributed by atoms with Gasteiger partial charge in [0.05, 0.1) is 42.5 Å². The number of anilines is 1. The molecule has 0 unspecified atom stereocenters. The van der Waals surface area contributed by atoms with Gasteiger partial charge in [0, 0.05) is 30.8 Å². The van der Waals surface area contributed by atoms with E-state index in [1.54, 1.807) is 0 Å². The van der Waals surface area contributed by atoms with Crippen molar-refractivity contribution in [3.05, 3.63) is 53.5 Å². The molecule has 2 aromatic carbocycles. The van der Waals surface area contributed by atoms with Gasteiger partial charge in [-0.1, -0.05) is 19.8 Å². The third-order valence-electron chi connectivity index (χ3n) is 6.66. The van der Waals surface area contributed by atoms with Crippen LogP contribution in [0.25, 0.3) is 10.9 Å². The van der Waals surface area contributed by atoms with E-state index < -0.39 is 74.1 Å². The monoisotopic (exact) mass is 526 g/mol. The number of amides is 1. The number of ether oxygens (including phenoxy) is 2. The number of hydrogen-bond acceptors (Lipinski definition) is 6. The van der Waals surface area contributed by atoms with Crippen LogP contribution in [-0.2, 0) is 22.2 Å². The van der Waals surface area contributed by atoms with Crippen LogP contribution >= 0.6 is 0 Å². The minimum absolute atomic E-state index is 0.0674. The topological polar surface area (TPSA) is 113 Å². The smallest absolute Gasteiger partial charge is 0.395 e. The van der Waals surface area contributed by atoms with Gasteiger partial charge in [0.15, 0.2) is 11.5 Å². The number of aromatic nitrogens is 1. The summed E-state index contributed by atoms with van der Waals surface area (Å²) in [5.74, 6) is -2.13. The van der Waals surface area contributed by atoms with Gasteiger partial charge in [-0.25, -0.2) is 4.39 Å². The van der Waals surface area contributed by atoms with Crippen molar-refractivity contribution < 1.29 is 51.0 Å². The summed E-state index contributed by atoms with van der Waals surface area (Å²) in [5, 5.41) is 32.4. The van der Waals surface area contributed by atoms with E-state index in [4.69, 9.17) is 8.22 Å². The van der Waals surface area contributed by atoms with Gasteiger partial charge in [-0.05, 0) is 42.7 Å². The molecule has 5 rings (SSSR count). The molecule has 1 fully saturated rings. The molecular weight excluding hydrogens is 493 g/mol. The molecule has 2 heterocycles. The summed E-state index contributed by atoms with van der Waals surface area (Å²) in [6, 6.07) is 7.08. The maximum absolute atomic E-state index is 15.5. The number of halogens is 3. The molecule has 11 heteroatoms. The van der Waals surface area contributed by atoms with Crippen molar-refractivity contribution in [3.8, 4) is 11.5 Å². The SMILES string of the molecule is [2H]C([2H])([2H])C(CO)(c1cc2cc(NC(=O)C3(c4ccc5c(c4)OC(F)(F)O5)CC3)c(F)cc2n1C[C@@H](O)CO)C([2H])([2H])[2H]. The number of nitrogens with one attached hydrogen (secondary N) is 1. The lowest BCUT2D eigenvalue weighted by Gasteiger charge is -2.25. The van der Waals surface area contributed by atoms with E-state index in [-0.39, 0.29) is 28.1 Å². The third-order valence-corrected chi connectivity index (χ3v) is 6.66. The van der Waals surface area contributed by atoms with Crippen LogP contribution in [0.2, 0.25) is 0 Å². The molecule has 198 valence electrons. The van der Waals surface area contributed by atoms with Crippen LogP contribution in [0.4, 0.5) is 18.9 Å². The Morgan fingerprint density at radius 2 is 1.92 bits per heavy atom. The number of aliphatic hydroxyl groups excluding tert-OH is 3. The molecule has 0 radical (unpaired) electrons. The standard InChI is InChI=1S/C26H27F3N2O6/c1-24(2,13-33)22-8-14-7-18(17(27)10-19(14)31(22)11-16(34)12-32)30-23(35)25(5-6-25)15-3-4-20-21(9-15)37-26(28,29)36-20/h3-4,7-10,16,32-34H,5-6,11-13H2,1-2H3,(H,30,35)/t16-/m1/s1/i1D3,2D3. The molecule has 0 saturated heterocycles. The van der Waals surface area contributed by atoms with Crippen LogP contribution in [-0.4, -0.2) is 51.4 Å². The van der Waals surface area contributed by atoms with Crippen molar-refractivity contribution in [2.75, 3.05) is 18.5 Å². The quantitative estimate of drug-likeness (QED) is 0.358. The maximum Gasteiger partial charge on any atom is 0.586 e. The normalized spacial score (nSPS) is 21.2. The number of benzene rings is 2. The average molecular weight is 527 g/mol. The summed E-state index contributed by atoms with van der Waals surface area (Å²) < 4.78 is 100. The van der Waals surface area contributed by atoms with Gasteiger partial charge in [0.25, 0.3) is 0 Å². The molecule has 8 nitrogen and oxygen atoms in total. The lowest BCUT2D eigenvalue weighted by atomic mass is 9.90. The van der Waals surface area contributed by atoms with Crippen LogP contribution in [0, 0.1) is 5.82 Å². The highest BCUT2D eigenvalue weighted by molar-refractivity contribution is 6.02. The molecule has 3 aromatic rings. The molecule has 1 aromatic heterocycles. The molecule has 1 atom stereocenters. The number of aliphatic hydroxyl groups is 3. The van der Waals surface area contributed by atoms with Crippen molar-refractivity contribution in [1.29, 1.82) is 0 Å². The molecule has 37 heavy (non-hydrogen) atoms. The second kappa shape index (κ2) is 8.64. The van der Waals surface area contributed by atoms with Gasteiger partial charge in [-0.3, -0.25) is 4.79 Å². The Morgan fingerprint density at radius 3 is 2.57 bits per heavy atom. The van der Waals surface area contributed by atoms with E-state index in [0.29, 0.717) is 18.4 Å². The number of nitrogens with zero attached hydrogens (tertiary/aromatic N) is 1. The Morgan fingerprint density at radius 1 is 1.19 bits per heavy atom. The summed E-state index contributed by atoms with van der Waals surface area (Å²) in [5.41, 5.74) is -4.59. The summed E-state index contributed by atoms with van der Waals surface area (Å²) >= 11 is 0. The Hall–Kier alpha value is -3.28. The fraction of sp³-hybridized carbons (Fsp3) is 0.423. The Balaban J connectivity index is 1.56. The van der Waals surface area contributed by atoms with E-state index in [9.17, 15) is 28.9 Å². The van der Waals surface area contributed by atoms with Gasteiger partial charge in [-0.2, -0.15) is 0 Å². The predicted molar refractivity (Wildman–Crippen MR) is 127 cm³/mol. The van der Waals surface area contributed by atoms with Gasteiger partial charge < -0.3 is 34.7 Å². The van der Waals surface area contributed by atoms with E-state index in [0.717, 1.165) is 22.8 Å². The Bertz CT molecular complexity index is 1570. The molecule has 0 spiro atoms. The number of carbonyl (C=O) groups excluding carboxylic acids is 1. The van der Waals surface area contributed by atoms with Crippen molar-refractivity contribution in [2.45, 2.75) is 56.3 Å². The largest absolute Gasteiger partial charge is 0.586 e. The zero-order chi connectivity index (χ0) is 31.8. The lowest BCUT2D eigenvalue weighted by molar-refractivity contribution is -0.286. The second-order valence-electron chi connectivity index (χ2n) is 9.30. The van der Waals surface area contributed by atoms with E-state index in [2.05, 4.69) is 14.8 Å². The zero-order valence-corrected chi connectivity index (χ0v) is 19.2. The minimum atomic E-state index is -3.85. The lowest BCUT2D eigenvalue weighted by Crippen LogP contribution is -2.29. The molecule has 0 bridgehead atoms. The Labute approximate surface area is 218 Å². The highest BCUT2D eigenvalue weighted by Gasteiger charge is 2.53. The van der Waals surface area contributed by atoms with Crippen LogP contribution in [0.3, 0.4) is 0 Å². The number of carbonyl (C=O) groups is 1. The first-order valence-corrected chi connectivity index (χ1v) is 11.3. The molecule has 1 amide bonds. The van der Waals surface area contributed by atoms with E-state index in [1.165, 1.54) is 18.2 Å². The van der Waals surface area contributed by atoms with Crippen molar-refractivity contribution in [2.24, 2.45) is 0 Å². The maximum atomic E-state index is 15.5. The number of alkyl halides is 2. The summed E-state index contributed by atoms with van der Waals surface area (Å²) in [6.45, 7) is -9.29. The highest BCUT2D eigenvalue weighted by atomic mass is 19.3. The molecule has 4 N–H and O–H groups in total. The third kappa shape index (κ3) is 4.41. The summed E-state index contributed by atoms with van der Waals surface area (Å²) in [7, 11) is 0. The molecular formula is C26H27F3N2O6. The zero-order valence-electron chi connectivity index (χ0n) is 25.2. The van der Waals surface area contributed by atoms with Gasteiger partial charge in [-0.15, -0.1) is 8.78 Å². The van der Waals surface area contributed by atoms with Crippen LogP contribution < -0.4 is 14.8 Å². The van der Waals surface area contributed by atoms with Crippen molar-refractivity contribution >= 4 is 22.5 Å². The van der Waals surface area contributed by atoms with E-state index in [1.807, 2.05) is 0 Å². The van der Waals surface area contributed by atoms with E-state index >= 15 is 4.39 Å². The number of fused-ring (bicyclic) bond motifs is 2. The highest BCUT2D eigenvalue weighted by Crippen LogP contribution is 2.52. The van der Waals surface area contributed by atoms with Gasteiger partial charge in [0.2, 0.25) is 5.91 Å². The first-order valence-electron chi connectivity index (χ1n) is 14.3. The Kier molecular flexibility index (Phi) is 4.41. The summed E-state index contributed by atoms with van der Waals surface area (Å²) in [6.07, 6.45) is -4.73. The number of rotatable bonds is 8. The first kappa shape index (κ1) is 18.9. The van der Waals surface area contributed by atoms with Gasteiger partial charge >= 0.3 is 6.29 Å². The fourth-order valence-corrected chi connectivity index (χ4v) is 4.54. The fourth-order valence-electron chi connectivity index (χ4n) is 4.54.